The van der Waals surface area contributed by atoms with Crippen molar-refractivity contribution in [3.63, 3.8) is 0 Å². The standard InChI is InChI=1S/C47H54N4O10/c1-4-22-59-47-42(51(45(54)32-15-12-30(27-48)13-16-32)28-31-14-18-40-41(23-31)58-29-57-40)26-38(50-56-3)36-24-33(10-6-8-20-52)35(11-7-9-21-53)43(44(36)47)37-25-34(17-19-39(37)61-47)60-46(55)49-5-2/h4,12-19,23-25,33,35,42-44,52-53H,1,5-11,20-22,26,28-29H2,2-3H3,(H,49,55)/t33-,35+,42-,43+,44+,47+/m0/s1. The number of fused-ring (bicyclic) bond motifs is 3. The van der Waals surface area contributed by atoms with E-state index in [4.69, 9.17) is 28.5 Å². The SMILES string of the molecule is C=CCO[C@@]12Oc3ccc(OC(=O)NCC)cc3[C@H]3[C@H](CCCCO)[C@@H](CCCCO)C=C(C(=NOC)C[C@@H]1N(Cc1ccc4c(c1)OCO4)C(=O)c1ccc(C#N)cc1)[C@H]32. The first-order valence-corrected chi connectivity index (χ1v) is 21.1. The number of carbonyl (C=O) groups excluding carboxylic acids is 2. The minimum Gasteiger partial charge on any atom is -0.459 e. The molecule has 6 atom stereocenters. The van der Waals surface area contributed by atoms with Crippen LogP contribution in [0.3, 0.4) is 0 Å². The molecule has 3 aromatic rings. The zero-order valence-corrected chi connectivity index (χ0v) is 34.7. The van der Waals surface area contributed by atoms with E-state index in [1.165, 1.54) is 7.11 Å². The molecule has 0 unspecified atom stereocenters. The first-order chi connectivity index (χ1) is 29.8. The number of benzene rings is 3. The third-order valence-corrected chi connectivity index (χ3v) is 12.1. The smallest absolute Gasteiger partial charge is 0.412 e. The molecular weight excluding hydrogens is 781 g/mol. The van der Waals surface area contributed by atoms with Gasteiger partial charge in [-0.05, 0) is 110 Å². The van der Waals surface area contributed by atoms with Gasteiger partial charge in [0, 0.05) is 49.8 Å². The summed E-state index contributed by atoms with van der Waals surface area (Å²) in [5, 5.41) is 36.7. The summed E-state index contributed by atoms with van der Waals surface area (Å²) >= 11 is 0. The number of amides is 2. The predicted molar refractivity (Wildman–Crippen MR) is 225 cm³/mol. The molecule has 0 radical (unpaired) electrons. The first kappa shape index (κ1) is 43.2. The number of nitrogens with one attached hydrogen (secondary N) is 1. The lowest BCUT2D eigenvalue weighted by Crippen LogP contribution is -2.70. The fraction of sp³-hybridized carbons (Fsp3) is 0.447. The van der Waals surface area contributed by atoms with Crippen LogP contribution in [0.2, 0.25) is 0 Å². The van der Waals surface area contributed by atoms with Crippen LogP contribution >= 0.6 is 0 Å². The number of aliphatic hydroxyl groups excluding tert-OH is 2. The number of ether oxygens (including phenoxy) is 5. The molecule has 61 heavy (non-hydrogen) atoms. The molecule has 1 fully saturated rings. The van der Waals surface area contributed by atoms with Crippen molar-refractivity contribution < 1.29 is 48.3 Å². The quantitative estimate of drug-likeness (QED) is 0.0682. The molecule has 0 saturated heterocycles. The van der Waals surface area contributed by atoms with E-state index in [0.29, 0.717) is 59.2 Å². The van der Waals surface area contributed by atoms with Gasteiger partial charge in [-0.25, -0.2) is 4.79 Å². The van der Waals surface area contributed by atoms with Gasteiger partial charge >= 0.3 is 6.09 Å². The number of carbonyl (C=O) groups is 2. The molecule has 2 aliphatic carbocycles. The highest BCUT2D eigenvalue weighted by atomic mass is 16.7. The van der Waals surface area contributed by atoms with E-state index in [1.807, 2.05) is 31.2 Å². The monoisotopic (exact) mass is 834 g/mol. The van der Waals surface area contributed by atoms with Crippen molar-refractivity contribution >= 4 is 17.7 Å². The zero-order valence-electron chi connectivity index (χ0n) is 34.7. The molecule has 14 heteroatoms. The third-order valence-electron chi connectivity index (χ3n) is 12.1. The Morgan fingerprint density at radius 3 is 2.49 bits per heavy atom. The lowest BCUT2D eigenvalue weighted by Gasteiger charge is -2.60. The Morgan fingerprint density at radius 1 is 1.02 bits per heavy atom. The fourth-order valence-corrected chi connectivity index (χ4v) is 9.52. The molecule has 3 N–H and O–H groups in total. The van der Waals surface area contributed by atoms with Crippen LogP contribution in [0, 0.1) is 29.1 Å². The van der Waals surface area contributed by atoms with Crippen LogP contribution in [-0.4, -0.2) is 84.9 Å². The highest BCUT2D eigenvalue weighted by Crippen LogP contribution is 2.62. The molecule has 2 amide bonds. The molecule has 0 bridgehead atoms. The number of nitrogens with zero attached hydrogens (tertiary/aromatic N) is 3. The molecule has 322 valence electrons. The van der Waals surface area contributed by atoms with Gasteiger partial charge in [0.2, 0.25) is 12.6 Å². The topological polar surface area (TPSA) is 181 Å². The van der Waals surface area contributed by atoms with Crippen molar-refractivity contribution in [3.8, 4) is 29.1 Å². The van der Waals surface area contributed by atoms with Gasteiger partial charge in [0.05, 0.1) is 29.9 Å². The van der Waals surface area contributed by atoms with Crippen LogP contribution in [0.5, 0.6) is 23.0 Å². The van der Waals surface area contributed by atoms with E-state index in [-0.39, 0.29) is 63.2 Å². The summed E-state index contributed by atoms with van der Waals surface area (Å²) in [5.41, 5.74) is 3.86. The summed E-state index contributed by atoms with van der Waals surface area (Å²) in [5.74, 6) is -0.753. The Bertz CT molecular complexity index is 2170. The lowest BCUT2D eigenvalue weighted by molar-refractivity contribution is -0.255. The molecule has 3 aromatic carbocycles. The molecular formula is C47H54N4O10. The van der Waals surface area contributed by atoms with Crippen molar-refractivity contribution in [3.05, 3.63) is 107 Å². The third kappa shape index (κ3) is 8.96. The van der Waals surface area contributed by atoms with Crippen molar-refractivity contribution in [1.82, 2.24) is 10.2 Å². The summed E-state index contributed by atoms with van der Waals surface area (Å²) < 4.78 is 31.5. The second-order valence-corrected chi connectivity index (χ2v) is 15.7. The number of allylic oxidation sites excluding steroid dienone is 1. The van der Waals surface area contributed by atoms with Crippen molar-refractivity contribution in [2.75, 3.05) is 40.3 Å². The number of aliphatic hydroxyl groups is 2. The van der Waals surface area contributed by atoms with Gasteiger partial charge < -0.3 is 49.0 Å². The van der Waals surface area contributed by atoms with Gasteiger partial charge in [0.25, 0.3) is 5.91 Å². The van der Waals surface area contributed by atoms with Crippen LogP contribution < -0.4 is 24.3 Å². The molecule has 2 aliphatic heterocycles. The molecule has 0 aromatic heterocycles. The second kappa shape index (κ2) is 19.7. The van der Waals surface area contributed by atoms with E-state index in [9.17, 15) is 20.3 Å². The molecule has 4 aliphatic rings. The summed E-state index contributed by atoms with van der Waals surface area (Å²) in [4.78, 5) is 35.3. The molecule has 14 nitrogen and oxygen atoms in total. The van der Waals surface area contributed by atoms with Crippen molar-refractivity contribution in [1.29, 1.82) is 5.26 Å². The Kier molecular flexibility index (Phi) is 13.9. The summed E-state index contributed by atoms with van der Waals surface area (Å²) in [7, 11) is 1.50. The molecule has 0 spiro atoms. The van der Waals surface area contributed by atoms with E-state index in [1.54, 1.807) is 47.4 Å². The normalized spacial score (nSPS) is 23.7. The lowest BCUT2D eigenvalue weighted by atomic mass is 9.55. The van der Waals surface area contributed by atoms with Gasteiger partial charge in [0.1, 0.15) is 24.7 Å². The van der Waals surface area contributed by atoms with Crippen LogP contribution in [0.15, 0.2) is 90.1 Å². The van der Waals surface area contributed by atoms with Gasteiger partial charge in [-0.15, -0.1) is 6.58 Å². The highest BCUT2D eigenvalue weighted by Gasteiger charge is 2.65. The van der Waals surface area contributed by atoms with E-state index < -0.39 is 23.8 Å². The van der Waals surface area contributed by atoms with Crippen LogP contribution in [0.1, 0.15) is 84.8 Å². The fourth-order valence-electron chi connectivity index (χ4n) is 9.52. The number of rotatable bonds is 18. The maximum Gasteiger partial charge on any atom is 0.412 e. The Balaban J connectivity index is 1.46. The molecule has 7 rings (SSSR count). The first-order valence-electron chi connectivity index (χ1n) is 21.1. The Morgan fingerprint density at radius 2 is 1.77 bits per heavy atom. The van der Waals surface area contributed by atoms with Crippen LogP contribution in [-0.2, 0) is 16.1 Å². The minimum absolute atomic E-state index is 0.0149. The average molecular weight is 835 g/mol. The number of nitriles is 1. The van der Waals surface area contributed by atoms with Crippen molar-refractivity contribution in [2.24, 2.45) is 22.9 Å². The van der Waals surface area contributed by atoms with Gasteiger partial charge in [-0.3, -0.25) is 4.79 Å². The second-order valence-electron chi connectivity index (χ2n) is 15.7. The number of oxime groups is 1. The maximum absolute atomic E-state index is 15.2. The predicted octanol–water partition coefficient (Wildman–Crippen LogP) is 7.00. The number of hydrogen-bond donors (Lipinski definition) is 3. The average Bonchev–Trinajstić information content (AvgIpc) is 3.75. The Hall–Kier alpha value is -5.88. The van der Waals surface area contributed by atoms with Gasteiger partial charge in [-0.2, -0.15) is 5.26 Å². The summed E-state index contributed by atoms with van der Waals surface area (Å²) in [6, 6.07) is 18.8. The summed E-state index contributed by atoms with van der Waals surface area (Å²) in [6.07, 6.45) is 7.80. The Labute approximate surface area is 356 Å². The maximum atomic E-state index is 15.2. The highest BCUT2D eigenvalue weighted by molar-refractivity contribution is 6.03. The summed E-state index contributed by atoms with van der Waals surface area (Å²) in [6.45, 7) is 6.62. The van der Waals surface area contributed by atoms with E-state index in [2.05, 4.69) is 29.2 Å². The minimum atomic E-state index is -1.53. The van der Waals surface area contributed by atoms with E-state index in [0.717, 1.165) is 42.4 Å². The number of hydrogen-bond acceptors (Lipinski definition) is 12. The van der Waals surface area contributed by atoms with Gasteiger partial charge in [0.15, 0.2) is 11.5 Å². The van der Waals surface area contributed by atoms with Crippen LogP contribution in [0.25, 0.3) is 0 Å². The largest absolute Gasteiger partial charge is 0.459 e. The molecule has 2 heterocycles. The molecule has 1 saturated carbocycles. The zero-order chi connectivity index (χ0) is 42.9. The van der Waals surface area contributed by atoms with Crippen LogP contribution in [0.4, 0.5) is 4.79 Å². The van der Waals surface area contributed by atoms with E-state index >= 15 is 4.79 Å². The van der Waals surface area contributed by atoms with Gasteiger partial charge in [-0.1, -0.05) is 36.2 Å². The van der Waals surface area contributed by atoms with Crippen molar-refractivity contribution in [2.45, 2.75) is 76.2 Å². The number of unbranched alkanes of at least 4 members (excludes halogenated alkanes) is 2.